The standard InChI is InChI=1S/C22H34I2P2/c1-7-25(5,23,8-2)21-17-13-11-15-19(21)20-16-12-14-18-22(20)26(6,24,9-3)10-4/h11-18H,7-10H2,1-6H3. The first-order valence-corrected chi connectivity index (χ1v) is 21.4. The molecule has 0 saturated carbocycles. The third-order valence-corrected chi connectivity index (χ3v) is 28.0. The summed E-state index contributed by atoms with van der Waals surface area (Å²) in [5.74, 6) is 0. The van der Waals surface area contributed by atoms with Crippen molar-refractivity contribution in [1.82, 2.24) is 0 Å². The van der Waals surface area contributed by atoms with E-state index in [4.69, 9.17) is 0 Å². The van der Waals surface area contributed by atoms with Crippen molar-refractivity contribution in [3.63, 3.8) is 0 Å². The fourth-order valence-corrected chi connectivity index (χ4v) is 11.1. The van der Waals surface area contributed by atoms with Gasteiger partial charge in [-0.05, 0) is 0 Å². The summed E-state index contributed by atoms with van der Waals surface area (Å²) >= 11 is 5.70. The molecule has 0 aromatic heterocycles. The van der Waals surface area contributed by atoms with E-state index in [1.165, 1.54) is 35.8 Å². The van der Waals surface area contributed by atoms with Gasteiger partial charge < -0.3 is 0 Å². The second-order valence-electron chi connectivity index (χ2n) is 8.08. The van der Waals surface area contributed by atoms with E-state index in [1.807, 2.05) is 0 Å². The molecule has 0 heterocycles. The topological polar surface area (TPSA) is 0 Å². The van der Waals surface area contributed by atoms with Crippen molar-refractivity contribution in [3.05, 3.63) is 48.5 Å². The van der Waals surface area contributed by atoms with Crippen LogP contribution in [-0.2, 0) is 0 Å². The van der Waals surface area contributed by atoms with Crippen LogP contribution in [0.25, 0.3) is 11.1 Å². The summed E-state index contributed by atoms with van der Waals surface area (Å²) in [4.78, 5) is 0. The zero-order chi connectivity index (χ0) is 19.7. The number of halogens is 2. The maximum atomic E-state index is 2.85. The number of rotatable bonds is 7. The molecule has 4 heteroatoms. The second-order valence-corrected chi connectivity index (χ2v) is 36.0. The van der Waals surface area contributed by atoms with E-state index in [9.17, 15) is 0 Å². The van der Waals surface area contributed by atoms with Crippen molar-refractivity contribution in [3.8, 4) is 11.1 Å². The SMILES string of the molecule is CCP(C)(I)(CC)c1ccccc1-c1ccccc1P(C)(I)(CC)CC. The van der Waals surface area contributed by atoms with E-state index in [1.54, 1.807) is 10.6 Å². The Morgan fingerprint density at radius 2 is 0.846 bits per heavy atom. The molecule has 0 spiro atoms. The molecule has 146 valence electrons. The summed E-state index contributed by atoms with van der Waals surface area (Å²) in [5.41, 5.74) is 2.96. The summed E-state index contributed by atoms with van der Waals surface area (Å²) in [6.07, 6.45) is 5.01. The predicted molar refractivity (Wildman–Crippen MR) is 147 cm³/mol. The molecule has 2 aromatic carbocycles. The normalized spacial score (nSPS) is 15.7. The van der Waals surface area contributed by atoms with Gasteiger partial charge in [-0.1, -0.05) is 0 Å². The average molecular weight is 614 g/mol. The van der Waals surface area contributed by atoms with Crippen molar-refractivity contribution in [2.24, 2.45) is 0 Å². The molecule has 0 bridgehead atoms. The average Bonchev–Trinajstić information content (AvgIpc) is 2.68. The van der Waals surface area contributed by atoms with Gasteiger partial charge in [-0.2, -0.15) is 0 Å². The monoisotopic (exact) mass is 614 g/mol. The Kier molecular flexibility index (Phi) is 6.99. The minimum absolute atomic E-state index is 1.25. The Morgan fingerprint density at radius 1 is 0.577 bits per heavy atom. The summed E-state index contributed by atoms with van der Waals surface area (Å²) < 4.78 is -3.87. The molecule has 0 aliphatic heterocycles. The third-order valence-electron chi connectivity index (χ3n) is 6.71. The maximum absolute atomic E-state index is 2.85. The van der Waals surface area contributed by atoms with Crippen molar-refractivity contribution in [2.75, 3.05) is 38.0 Å². The molecule has 2 aromatic rings. The van der Waals surface area contributed by atoms with Crippen LogP contribution >= 0.6 is 52.6 Å². The molecule has 26 heavy (non-hydrogen) atoms. The number of hydrogen-bond acceptors (Lipinski definition) is 0. The van der Waals surface area contributed by atoms with Crippen molar-refractivity contribution in [1.29, 1.82) is 0 Å². The molecule has 0 radical (unpaired) electrons. The quantitative estimate of drug-likeness (QED) is 0.221. The van der Waals surface area contributed by atoms with Gasteiger partial charge in [0, 0.05) is 0 Å². The van der Waals surface area contributed by atoms with Gasteiger partial charge in [0.1, 0.15) is 0 Å². The van der Waals surface area contributed by atoms with E-state index in [2.05, 4.69) is 134 Å². The van der Waals surface area contributed by atoms with Gasteiger partial charge in [0.2, 0.25) is 0 Å². The molecular weight excluding hydrogens is 580 g/mol. The van der Waals surface area contributed by atoms with Gasteiger partial charge in [0.15, 0.2) is 0 Å². The fraction of sp³-hybridized carbons (Fsp3) is 0.455. The summed E-state index contributed by atoms with van der Waals surface area (Å²) in [6, 6.07) is 18.5. The Balaban J connectivity index is 2.87. The first kappa shape index (κ1) is 23.0. The Morgan fingerprint density at radius 3 is 1.12 bits per heavy atom. The zero-order valence-electron chi connectivity index (χ0n) is 17.1. The first-order valence-electron chi connectivity index (χ1n) is 9.68. The molecular formula is C22H34I2P2. The number of benzene rings is 2. The predicted octanol–water partition coefficient (Wildman–Crippen LogP) is 7.75. The molecule has 2 rings (SSSR count). The molecule has 0 N–H and O–H groups in total. The van der Waals surface area contributed by atoms with Gasteiger partial charge in [-0.3, -0.25) is 0 Å². The molecule has 0 aliphatic rings. The molecule has 0 unspecified atom stereocenters. The first-order chi connectivity index (χ1) is 12.0. The molecule has 0 aliphatic carbocycles. The molecule has 0 atom stereocenters. The van der Waals surface area contributed by atoms with Gasteiger partial charge in [0.25, 0.3) is 0 Å². The van der Waals surface area contributed by atoms with E-state index in [0.29, 0.717) is 0 Å². The van der Waals surface area contributed by atoms with Crippen LogP contribution in [0.15, 0.2) is 48.5 Å². The zero-order valence-corrected chi connectivity index (χ0v) is 23.2. The van der Waals surface area contributed by atoms with Crippen LogP contribution < -0.4 is 10.6 Å². The van der Waals surface area contributed by atoms with E-state index in [0.717, 1.165) is 0 Å². The van der Waals surface area contributed by atoms with Crippen molar-refractivity contribution in [2.45, 2.75) is 27.7 Å². The van der Waals surface area contributed by atoms with E-state index < -0.39 is 8.49 Å². The molecule has 0 saturated heterocycles. The summed E-state index contributed by atoms with van der Waals surface area (Å²) in [7, 11) is 0. The van der Waals surface area contributed by atoms with Crippen LogP contribution in [0, 0.1) is 0 Å². The van der Waals surface area contributed by atoms with Crippen LogP contribution in [0.2, 0.25) is 0 Å². The van der Waals surface area contributed by atoms with Gasteiger partial charge in [-0.15, -0.1) is 0 Å². The third kappa shape index (κ3) is 4.05. The van der Waals surface area contributed by atoms with Crippen molar-refractivity contribution < 1.29 is 0 Å². The Labute approximate surface area is 187 Å². The second kappa shape index (κ2) is 7.88. The summed E-state index contributed by atoms with van der Waals surface area (Å²) in [5, 5.41) is 3.22. The number of hydrogen-bond donors (Lipinski definition) is 0. The fourth-order valence-electron chi connectivity index (χ4n) is 3.62. The minimum atomic E-state index is -1.93. The van der Waals surface area contributed by atoms with Crippen LogP contribution in [-0.4, -0.2) is 38.0 Å². The van der Waals surface area contributed by atoms with Crippen LogP contribution in [0.4, 0.5) is 0 Å². The molecule has 0 amide bonds. The van der Waals surface area contributed by atoms with Crippen LogP contribution in [0.5, 0.6) is 0 Å². The summed E-state index contributed by atoms with van der Waals surface area (Å²) in [6.45, 7) is 14.6. The van der Waals surface area contributed by atoms with Crippen LogP contribution in [0.3, 0.4) is 0 Å². The van der Waals surface area contributed by atoms with E-state index >= 15 is 0 Å². The van der Waals surface area contributed by atoms with Crippen molar-refractivity contribution >= 4 is 63.2 Å². The van der Waals surface area contributed by atoms with Crippen LogP contribution in [0.1, 0.15) is 27.7 Å². The van der Waals surface area contributed by atoms with E-state index in [-0.39, 0.29) is 0 Å². The Hall–Kier alpha value is 0.760. The van der Waals surface area contributed by atoms with Gasteiger partial charge >= 0.3 is 189 Å². The van der Waals surface area contributed by atoms with Gasteiger partial charge in [0.05, 0.1) is 0 Å². The molecule has 0 fully saturated rings. The Bertz CT molecular complexity index is 713. The van der Waals surface area contributed by atoms with Gasteiger partial charge in [-0.25, -0.2) is 0 Å². The molecule has 0 nitrogen and oxygen atoms in total.